The number of ketones is 1. The highest BCUT2D eigenvalue weighted by Crippen LogP contribution is 2.65. The fraction of sp³-hybridized carbons (Fsp3) is 0.679. The third kappa shape index (κ3) is 8.22. The van der Waals surface area contributed by atoms with Crippen LogP contribution in [-0.2, 0) is 19.2 Å². The summed E-state index contributed by atoms with van der Waals surface area (Å²) < 4.78 is -1.21. The van der Waals surface area contributed by atoms with Gasteiger partial charge in [-0.1, -0.05) is 32.9 Å². The molecule has 2 aliphatic rings. The highest BCUT2D eigenvalue weighted by atomic mass is 35.5. The van der Waals surface area contributed by atoms with E-state index in [-0.39, 0.29) is 25.4 Å². The molecule has 224 valence electrons. The van der Waals surface area contributed by atoms with Gasteiger partial charge in [0, 0.05) is 30.5 Å². The molecule has 4 N–H and O–H groups in total. The molecule has 0 radical (unpaired) electrons. The first kappa shape index (κ1) is 33.6. The topological polar surface area (TPSA) is 137 Å². The molecule has 1 heterocycles. The molecular weight excluding hydrogens is 557 g/mol. The molecule has 1 saturated carbocycles. The number of fused-ring (bicyclic) bond motifs is 1. The molecule has 0 aromatic carbocycles. The van der Waals surface area contributed by atoms with E-state index >= 15 is 0 Å². The molecule has 0 spiro atoms. The minimum absolute atomic E-state index is 0.108. The number of likely N-dealkylation sites (tertiary alicyclic amines) is 1. The van der Waals surface area contributed by atoms with Crippen LogP contribution in [0.15, 0.2) is 25.3 Å². The van der Waals surface area contributed by atoms with Gasteiger partial charge in [0.25, 0.3) is 5.91 Å². The summed E-state index contributed by atoms with van der Waals surface area (Å²) in [6.45, 7) is 18.4. The quantitative estimate of drug-likeness (QED) is 0.118. The van der Waals surface area contributed by atoms with Crippen LogP contribution in [-0.4, -0.2) is 75.5 Å². The molecule has 1 aliphatic carbocycles. The number of carbonyl (C=O) groups excluding carboxylic acids is 5. The van der Waals surface area contributed by atoms with E-state index in [1.807, 2.05) is 20.8 Å². The fourth-order valence-electron chi connectivity index (χ4n) is 4.80. The average molecular weight is 601 g/mol. The SMILES string of the molecule is C=CCCNC(=O)C(=O)C(CCC=C)NC(=O)[C@@H]1[C@H]2[C@@H](CN1C(=O)C(NC(=O)NC(C)(C)C)C(C)(C)C)C2(Cl)Cl. The fourth-order valence-corrected chi connectivity index (χ4v) is 5.63. The minimum atomic E-state index is -1.21. The van der Waals surface area contributed by atoms with Crippen LogP contribution >= 0.6 is 23.2 Å². The van der Waals surface area contributed by atoms with E-state index in [1.165, 1.54) is 4.90 Å². The zero-order valence-corrected chi connectivity index (χ0v) is 25.7. The van der Waals surface area contributed by atoms with E-state index in [0.717, 1.165) is 0 Å². The number of carbonyl (C=O) groups is 5. The standard InChI is InChI=1S/C28H43Cl2N5O5/c1-9-11-13-17(20(36)23(38)31-14-12-10-2)32-22(37)19-18-16(28(18,29)30)15-35(19)24(39)21(26(3,4)5)33-25(40)34-27(6,7)8/h9-10,16-19,21H,1-2,11-15H2,3-8H3,(H,31,38)(H,32,37)(H2,33,34,40)/t16-,17?,18-,19+,21?/m1/s1. The maximum atomic E-state index is 13.9. The Morgan fingerprint density at radius 2 is 1.60 bits per heavy atom. The van der Waals surface area contributed by atoms with Crippen LogP contribution in [0.3, 0.4) is 0 Å². The number of nitrogens with zero attached hydrogens (tertiary/aromatic N) is 1. The summed E-state index contributed by atoms with van der Waals surface area (Å²) in [6, 6.07) is -3.73. The van der Waals surface area contributed by atoms with Crippen molar-refractivity contribution in [1.29, 1.82) is 0 Å². The van der Waals surface area contributed by atoms with E-state index in [1.54, 1.807) is 32.9 Å². The molecule has 1 aliphatic heterocycles. The lowest BCUT2D eigenvalue weighted by Crippen LogP contribution is -2.62. The van der Waals surface area contributed by atoms with Gasteiger partial charge in [-0.2, -0.15) is 0 Å². The summed E-state index contributed by atoms with van der Waals surface area (Å²) in [4.78, 5) is 67.0. The molecule has 5 atom stereocenters. The number of hydrogen-bond acceptors (Lipinski definition) is 5. The van der Waals surface area contributed by atoms with Crippen molar-refractivity contribution in [2.45, 2.75) is 88.8 Å². The number of piperidine rings is 1. The Labute approximate surface area is 247 Å². The predicted octanol–water partition coefficient (Wildman–Crippen LogP) is 2.84. The number of amides is 5. The van der Waals surface area contributed by atoms with Gasteiger partial charge in [-0.3, -0.25) is 19.2 Å². The monoisotopic (exact) mass is 599 g/mol. The van der Waals surface area contributed by atoms with Gasteiger partial charge >= 0.3 is 6.03 Å². The molecule has 10 nitrogen and oxygen atoms in total. The van der Waals surface area contributed by atoms with Gasteiger partial charge in [0.2, 0.25) is 17.6 Å². The normalized spacial score (nSPS) is 22.7. The molecule has 1 saturated heterocycles. The van der Waals surface area contributed by atoms with E-state index < -0.39 is 68.9 Å². The van der Waals surface area contributed by atoms with Crippen molar-refractivity contribution in [3.63, 3.8) is 0 Å². The molecule has 5 amide bonds. The molecule has 2 unspecified atom stereocenters. The van der Waals surface area contributed by atoms with Crippen molar-refractivity contribution in [2.24, 2.45) is 17.3 Å². The lowest BCUT2D eigenvalue weighted by molar-refractivity contribution is -0.144. The van der Waals surface area contributed by atoms with Gasteiger partial charge in [-0.25, -0.2) is 4.79 Å². The van der Waals surface area contributed by atoms with Crippen LogP contribution in [0.1, 0.15) is 60.8 Å². The number of rotatable bonds is 12. The van der Waals surface area contributed by atoms with E-state index in [2.05, 4.69) is 34.4 Å². The number of urea groups is 1. The summed E-state index contributed by atoms with van der Waals surface area (Å²) in [5.74, 6) is -3.67. The maximum Gasteiger partial charge on any atom is 0.315 e. The second-order valence-electron chi connectivity index (χ2n) is 12.5. The molecule has 2 fully saturated rings. The number of Topliss-reactive ketones (excluding diaryl/α,β-unsaturated/α-hetero) is 1. The van der Waals surface area contributed by atoms with Gasteiger partial charge in [0.15, 0.2) is 0 Å². The first-order valence-corrected chi connectivity index (χ1v) is 14.2. The van der Waals surface area contributed by atoms with Crippen molar-refractivity contribution in [3.8, 4) is 0 Å². The molecule has 0 aromatic rings. The second kappa shape index (κ2) is 12.9. The van der Waals surface area contributed by atoms with Crippen LogP contribution in [0.25, 0.3) is 0 Å². The van der Waals surface area contributed by atoms with Crippen LogP contribution in [0.5, 0.6) is 0 Å². The molecule has 2 rings (SSSR count). The van der Waals surface area contributed by atoms with E-state index in [4.69, 9.17) is 23.2 Å². The van der Waals surface area contributed by atoms with Crippen molar-refractivity contribution in [1.82, 2.24) is 26.2 Å². The summed E-state index contributed by atoms with van der Waals surface area (Å²) in [7, 11) is 0. The summed E-state index contributed by atoms with van der Waals surface area (Å²) >= 11 is 12.9. The smallest absolute Gasteiger partial charge is 0.315 e. The van der Waals surface area contributed by atoms with Crippen molar-refractivity contribution in [3.05, 3.63) is 25.3 Å². The first-order valence-electron chi connectivity index (χ1n) is 13.5. The Morgan fingerprint density at radius 1 is 1.00 bits per heavy atom. The number of allylic oxidation sites excluding steroid dienone is 1. The van der Waals surface area contributed by atoms with Crippen LogP contribution in [0, 0.1) is 17.3 Å². The van der Waals surface area contributed by atoms with Gasteiger partial charge < -0.3 is 26.2 Å². The highest BCUT2D eigenvalue weighted by Gasteiger charge is 2.74. The number of halogens is 2. The average Bonchev–Trinajstić information content (AvgIpc) is 3.15. The maximum absolute atomic E-state index is 13.9. The highest BCUT2D eigenvalue weighted by molar-refractivity contribution is 6.51. The zero-order valence-electron chi connectivity index (χ0n) is 24.2. The minimum Gasteiger partial charge on any atom is -0.349 e. The Morgan fingerprint density at radius 3 is 2.12 bits per heavy atom. The lowest BCUT2D eigenvalue weighted by atomic mass is 9.85. The third-order valence-electron chi connectivity index (χ3n) is 6.91. The molecule has 40 heavy (non-hydrogen) atoms. The van der Waals surface area contributed by atoms with Crippen molar-refractivity contribution >= 4 is 52.7 Å². The molecule has 0 bridgehead atoms. The largest absolute Gasteiger partial charge is 0.349 e. The number of hydrogen-bond donors (Lipinski definition) is 4. The summed E-state index contributed by atoms with van der Waals surface area (Å²) in [5, 5.41) is 10.7. The van der Waals surface area contributed by atoms with E-state index in [9.17, 15) is 24.0 Å². The Kier molecular flexibility index (Phi) is 10.9. The predicted molar refractivity (Wildman–Crippen MR) is 156 cm³/mol. The van der Waals surface area contributed by atoms with Crippen LogP contribution in [0.4, 0.5) is 4.79 Å². The van der Waals surface area contributed by atoms with Gasteiger partial charge in [0.1, 0.15) is 16.4 Å². The second-order valence-corrected chi connectivity index (χ2v) is 14.0. The van der Waals surface area contributed by atoms with Crippen LogP contribution < -0.4 is 21.3 Å². The Balaban J connectivity index is 2.30. The zero-order chi connectivity index (χ0) is 30.6. The van der Waals surface area contributed by atoms with Crippen molar-refractivity contribution < 1.29 is 24.0 Å². The third-order valence-corrected chi connectivity index (χ3v) is 7.98. The van der Waals surface area contributed by atoms with Gasteiger partial charge in [-0.05, 0) is 45.4 Å². The Hall–Kier alpha value is -2.59. The van der Waals surface area contributed by atoms with E-state index in [0.29, 0.717) is 12.8 Å². The van der Waals surface area contributed by atoms with Gasteiger partial charge in [-0.15, -0.1) is 36.4 Å². The van der Waals surface area contributed by atoms with Crippen LogP contribution in [0.2, 0.25) is 0 Å². The Bertz CT molecular complexity index is 1030. The summed E-state index contributed by atoms with van der Waals surface area (Å²) in [5.41, 5.74) is -1.24. The number of alkyl halides is 2. The molecule has 0 aromatic heterocycles. The van der Waals surface area contributed by atoms with Gasteiger partial charge in [0.05, 0.1) is 6.04 Å². The lowest BCUT2D eigenvalue weighted by Gasteiger charge is -2.38. The summed E-state index contributed by atoms with van der Waals surface area (Å²) in [6.07, 6.45) is 4.18. The molecule has 12 heteroatoms. The first-order chi connectivity index (χ1) is 18.4. The van der Waals surface area contributed by atoms with Crippen molar-refractivity contribution in [2.75, 3.05) is 13.1 Å². The number of nitrogens with one attached hydrogen (secondary N) is 4. The molecular formula is C28H43Cl2N5O5.